The summed E-state index contributed by atoms with van der Waals surface area (Å²) in [7, 11) is -4.29. The van der Waals surface area contributed by atoms with Gasteiger partial charge >= 0.3 is 5.97 Å². The Bertz CT molecular complexity index is 620. The average molecular weight is 309 g/mol. The highest BCUT2D eigenvalue weighted by Gasteiger charge is 2.41. The topological polar surface area (TPSA) is 74.7 Å². The summed E-state index contributed by atoms with van der Waals surface area (Å²) in [6, 6.07) is 0.822. The molecule has 0 bridgehead atoms. The van der Waals surface area contributed by atoms with Gasteiger partial charge in [0.05, 0.1) is 5.88 Å². The van der Waals surface area contributed by atoms with Crippen LogP contribution in [0.4, 0.5) is 8.78 Å². The second-order valence-electron chi connectivity index (χ2n) is 3.82. The number of sulfonamides is 1. The second kappa shape index (κ2) is 5.06. The number of carboxylic acid groups (broad SMARTS) is 1. The van der Waals surface area contributed by atoms with E-state index in [4.69, 9.17) is 5.11 Å². The van der Waals surface area contributed by atoms with E-state index in [1.165, 1.54) is 0 Å². The number of benzene rings is 1. The van der Waals surface area contributed by atoms with Crippen molar-refractivity contribution in [1.82, 2.24) is 4.31 Å². The summed E-state index contributed by atoms with van der Waals surface area (Å²) < 4.78 is 51.3. The highest BCUT2D eigenvalue weighted by Crippen LogP contribution is 2.29. The van der Waals surface area contributed by atoms with E-state index < -0.39 is 38.6 Å². The van der Waals surface area contributed by atoms with Crippen molar-refractivity contribution < 1.29 is 27.1 Å². The fourth-order valence-corrected chi connectivity index (χ4v) is 4.85. The van der Waals surface area contributed by atoms with E-state index in [0.717, 1.165) is 23.9 Å². The van der Waals surface area contributed by atoms with Crippen molar-refractivity contribution in [3.05, 3.63) is 29.8 Å². The van der Waals surface area contributed by atoms with Gasteiger partial charge in [-0.2, -0.15) is 4.31 Å². The van der Waals surface area contributed by atoms with E-state index in [0.29, 0.717) is 10.4 Å². The van der Waals surface area contributed by atoms with Crippen molar-refractivity contribution in [3.63, 3.8) is 0 Å². The minimum Gasteiger partial charge on any atom is -0.480 e. The lowest BCUT2D eigenvalue weighted by molar-refractivity contribution is -0.140. The van der Waals surface area contributed by atoms with Gasteiger partial charge < -0.3 is 5.11 Å². The molecular formula is C10H9F2NO4S2. The molecule has 1 N–H and O–H groups in total. The summed E-state index contributed by atoms with van der Waals surface area (Å²) in [6.07, 6.45) is 0. The Morgan fingerprint density at radius 2 is 2.11 bits per heavy atom. The van der Waals surface area contributed by atoms with Crippen LogP contribution in [0.3, 0.4) is 0 Å². The first-order valence-electron chi connectivity index (χ1n) is 5.11. The van der Waals surface area contributed by atoms with Gasteiger partial charge in [0.25, 0.3) is 0 Å². The van der Waals surface area contributed by atoms with Crippen LogP contribution in [-0.4, -0.2) is 41.5 Å². The summed E-state index contributed by atoms with van der Waals surface area (Å²) in [5.41, 5.74) is 0. The molecule has 0 saturated carbocycles. The first-order valence-corrected chi connectivity index (χ1v) is 7.71. The zero-order valence-corrected chi connectivity index (χ0v) is 11.0. The second-order valence-corrected chi connectivity index (χ2v) is 6.68. The molecule has 1 saturated heterocycles. The molecule has 1 aromatic carbocycles. The van der Waals surface area contributed by atoms with Gasteiger partial charge in [0.1, 0.15) is 22.6 Å². The third-order valence-electron chi connectivity index (χ3n) is 2.61. The van der Waals surface area contributed by atoms with Gasteiger partial charge in [-0.15, -0.1) is 11.8 Å². The predicted octanol–water partition coefficient (Wildman–Crippen LogP) is 1.11. The molecule has 1 aliphatic rings. The maximum Gasteiger partial charge on any atom is 0.322 e. The highest BCUT2D eigenvalue weighted by atomic mass is 32.2. The molecule has 1 unspecified atom stereocenters. The van der Waals surface area contributed by atoms with Gasteiger partial charge in [-0.3, -0.25) is 4.79 Å². The lowest BCUT2D eigenvalue weighted by Gasteiger charge is -2.20. The Labute approximate surface area is 112 Å². The van der Waals surface area contributed by atoms with Gasteiger partial charge in [0.15, 0.2) is 0 Å². The van der Waals surface area contributed by atoms with Gasteiger partial charge in [-0.25, -0.2) is 17.2 Å². The van der Waals surface area contributed by atoms with Crippen LogP contribution in [-0.2, 0) is 14.8 Å². The molecule has 1 fully saturated rings. The number of thioether (sulfide) groups is 1. The molecule has 5 nitrogen and oxygen atoms in total. The monoisotopic (exact) mass is 309 g/mol. The van der Waals surface area contributed by atoms with E-state index in [1.807, 2.05) is 0 Å². The molecule has 1 aromatic rings. The average Bonchev–Trinajstić information content (AvgIpc) is 2.77. The van der Waals surface area contributed by atoms with E-state index in [1.54, 1.807) is 0 Å². The van der Waals surface area contributed by atoms with E-state index in [-0.39, 0.29) is 11.6 Å². The zero-order valence-electron chi connectivity index (χ0n) is 9.42. The molecule has 0 aliphatic carbocycles. The van der Waals surface area contributed by atoms with Crippen molar-refractivity contribution >= 4 is 27.8 Å². The largest absolute Gasteiger partial charge is 0.480 e. The van der Waals surface area contributed by atoms with Crippen molar-refractivity contribution in [2.45, 2.75) is 10.9 Å². The molecule has 0 spiro atoms. The number of rotatable bonds is 3. The Hall–Kier alpha value is -1.19. The number of aliphatic carboxylic acids is 1. The smallest absolute Gasteiger partial charge is 0.322 e. The molecule has 1 heterocycles. The summed E-state index contributed by atoms with van der Waals surface area (Å²) >= 11 is 1.12. The van der Waals surface area contributed by atoms with Crippen LogP contribution in [0.2, 0.25) is 0 Å². The van der Waals surface area contributed by atoms with Gasteiger partial charge in [0.2, 0.25) is 10.0 Å². The minimum absolute atomic E-state index is 0.0733. The van der Waals surface area contributed by atoms with Crippen LogP contribution in [0.15, 0.2) is 23.1 Å². The number of carbonyl (C=O) groups is 1. The number of carboxylic acids is 1. The number of halogens is 2. The molecule has 2 rings (SSSR count). The van der Waals surface area contributed by atoms with Crippen LogP contribution < -0.4 is 0 Å². The van der Waals surface area contributed by atoms with Crippen LogP contribution >= 0.6 is 11.8 Å². The van der Waals surface area contributed by atoms with Crippen molar-refractivity contribution in [3.8, 4) is 0 Å². The molecule has 104 valence electrons. The number of nitrogens with zero attached hydrogens (tertiary/aromatic N) is 1. The van der Waals surface area contributed by atoms with E-state index in [9.17, 15) is 22.0 Å². The maximum absolute atomic E-state index is 13.5. The Morgan fingerprint density at radius 3 is 2.68 bits per heavy atom. The van der Waals surface area contributed by atoms with Crippen molar-refractivity contribution in [1.29, 1.82) is 0 Å². The Morgan fingerprint density at radius 1 is 1.42 bits per heavy atom. The lowest BCUT2D eigenvalue weighted by Crippen LogP contribution is -2.41. The predicted molar refractivity (Wildman–Crippen MR) is 64.1 cm³/mol. The van der Waals surface area contributed by atoms with Crippen LogP contribution in [0.5, 0.6) is 0 Å². The third-order valence-corrected chi connectivity index (χ3v) is 5.67. The fraction of sp³-hybridized carbons (Fsp3) is 0.300. The summed E-state index contributed by atoms with van der Waals surface area (Å²) in [5.74, 6) is -3.41. The quantitative estimate of drug-likeness (QED) is 0.905. The molecule has 0 aromatic heterocycles. The van der Waals surface area contributed by atoms with Crippen LogP contribution in [0.25, 0.3) is 0 Å². The number of hydrogen-bond donors (Lipinski definition) is 1. The van der Waals surface area contributed by atoms with E-state index >= 15 is 0 Å². The minimum atomic E-state index is -4.29. The summed E-state index contributed by atoms with van der Waals surface area (Å²) in [5, 5.41) is 8.93. The van der Waals surface area contributed by atoms with Gasteiger partial charge in [-0.05, 0) is 12.1 Å². The van der Waals surface area contributed by atoms with Gasteiger partial charge in [-0.1, -0.05) is 0 Å². The summed E-state index contributed by atoms with van der Waals surface area (Å²) in [4.78, 5) is 10.2. The Balaban J connectivity index is 2.45. The highest BCUT2D eigenvalue weighted by molar-refractivity contribution is 8.00. The fourth-order valence-electron chi connectivity index (χ4n) is 1.67. The van der Waals surface area contributed by atoms with Crippen molar-refractivity contribution in [2.24, 2.45) is 0 Å². The zero-order chi connectivity index (χ0) is 14.2. The SMILES string of the molecule is O=C(O)C1CSCN1S(=O)(=O)c1ccc(F)cc1F. The third kappa shape index (κ3) is 2.58. The first kappa shape index (κ1) is 14.2. The van der Waals surface area contributed by atoms with Crippen LogP contribution in [0.1, 0.15) is 0 Å². The molecule has 1 atom stereocenters. The number of hydrogen-bond acceptors (Lipinski definition) is 4. The van der Waals surface area contributed by atoms with Gasteiger partial charge in [0, 0.05) is 11.8 Å². The lowest BCUT2D eigenvalue weighted by atomic mass is 10.3. The van der Waals surface area contributed by atoms with E-state index in [2.05, 4.69) is 0 Å². The molecule has 0 radical (unpaired) electrons. The normalized spacial score (nSPS) is 20.6. The standard InChI is InChI=1S/C10H9F2NO4S2/c11-6-1-2-9(7(12)3-6)19(16,17)13-5-18-4-8(13)10(14)15/h1-3,8H,4-5H2,(H,14,15). The molecule has 0 amide bonds. The molecule has 1 aliphatic heterocycles. The van der Waals surface area contributed by atoms with Crippen molar-refractivity contribution in [2.75, 3.05) is 11.6 Å². The first-order chi connectivity index (χ1) is 8.84. The molecular weight excluding hydrogens is 300 g/mol. The maximum atomic E-state index is 13.5. The molecule has 9 heteroatoms. The Kier molecular flexibility index (Phi) is 3.79. The van der Waals surface area contributed by atoms with Crippen LogP contribution in [0, 0.1) is 11.6 Å². The molecule has 19 heavy (non-hydrogen) atoms. The summed E-state index contributed by atoms with van der Waals surface area (Å²) in [6.45, 7) is 0.